The zero-order chi connectivity index (χ0) is 19.5. The van der Waals surface area contributed by atoms with Crippen molar-refractivity contribution in [2.45, 2.75) is 30.8 Å². The van der Waals surface area contributed by atoms with Crippen LogP contribution < -0.4 is 14.8 Å². The third-order valence-corrected chi connectivity index (χ3v) is 5.46. The number of fused-ring (bicyclic) bond motifs is 1. The number of amides is 1. The molecular formula is C20H20N4O3S. The van der Waals surface area contributed by atoms with Crippen molar-refractivity contribution >= 4 is 23.4 Å². The minimum atomic E-state index is -0.344. The molecule has 4 rings (SSSR count). The summed E-state index contributed by atoms with van der Waals surface area (Å²) in [5.41, 5.74) is 1.83. The van der Waals surface area contributed by atoms with Gasteiger partial charge in [-0.15, -0.1) is 10.2 Å². The first kappa shape index (κ1) is 18.4. The summed E-state index contributed by atoms with van der Waals surface area (Å²) in [5.74, 6) is 2.02. The van der Waals surface area contributed by atoms with Crippen molar-refractivity contribution in [3.63, 3.8) is 0 Å². The molecule has 0 fully saturated rings. The number of nitrogens with one attached hydrogen (secondary N) is 1. The molecule has 1 N–H and O–H groups in total. The van der Waals surface area contributed by atoms with E-state index in [1.807, 2.05) is 36.6 Å². The zero-order valence-electron chi connectivity index (χ0n) is 15.6. The van der Waals surface area contributed by atoms with Gasteiger partial charge in [-0.2, -0.15) is 0 Å². The van der Waals surface area contributed by atoms with E-state index in [4.69, 9.17) is 9.47 Å². The summed E-state index contributed by atoms with van der Waals surface area (Å²) in [7, 11) is 0. The topological polar surface area (TPSA) is 78.3 Å². The lowest BCUT2D eigenvalue weighted by Gasteiger charge is -2.13. The van der Waals surface area contributed by atoms with Gasteiger partial charge in [-0.25, -0.2) is 0 Å². The van der Waals surface area contributed by atoms with Crippen LogP contribution >= 0.6 is 11.8 Å². The molecule has 2 heterocycles. The summed E-state index contributed by atoms with van der Waals surface area (Å²) in [4.78, 5) is 12.6. The summed E-state index contributed by atoms with van der Waals surface area (Å²) in [6.45, 7) is 4.63. The Bertz CT molecular complexity index is 990. The molecule has 1 amide bonds. The average Bonchev–Trinajstić information content (AvgIpc) is 3.30. The van der Waals surface area contributed by atoms with Crippen molar-refractivity contribution in [2.24, 2.45) is 0 Å². The Morgan fingerprint density at radius 1 is 1.18 bits per heavy atom. The maximum atomic E-state index is 12.6. The Morgan fingerprint density at radius 2 is 1.96 bits per heavy atom. The molecule has 1 aromatic heterocycles. The molecule has 1 atom stereocenters. The van der Waals surface area contributed by atoms with Gasteiger partial charge in [0.1, 0.15) is 5.82 Å². The summed E-state index contributed by atoms with van der Waals surface area (Å²) < 4.78 is 12.7. The number of ether oxygens (including phenoxy) is 2. The van der Waals surface area contributed by atoms with Gasteiger partial charge in [-0.1, -0.05) is 42.1 Å². The van der Waals surface area contributed by atoms with Crippen LogP contribution in [0.25, 0.3) is 0 Å². The number of aryl methyl sites for hydroxylation is 1. The second-order valence-electron chi connectivity index (χ2n) is 6.42. The van der Waals surface area contributed by atoms with E-state index >= 15 is 0 Å². The molecule has 7 nitrogen and oxygen atoms in total. The molecule has 0 saturated carbocycles. The first-order chi connectivity index (χ1) is 13.6. The maximum Gasteiger partial charge on any atom is 0.237 e. The van der Waals surface area contributed by atoms with Gasteiger partial charge >= 0.3 is 0 Å². The molecule has 1 aliphatic rings. The van der Waals surface area contributed by atoms with E-state index in [9.17, 15) is 4.79 Å². The highest BCUT2D eigenvalue weighted by Gasteiger charge is 2.21. The average molecular weight is 396 g/mol. The van der Waals surface area contributed by atoms with E-state index in [0.717, 1.165) is 16.5 Å². The molecule has 28 heavy (non-hydrogen) atoms. The molecule has 144 valence electrons. The molecule has 1 unspecified atom stereocenters. The number of hydrogen-bond acceptors (Lipinski definition) is 6. The standard InChI is InChI=1S/C20H20N4O3S/c1-13(19(25)21-16-8-9-17-18(10-16)27-12-26-17)28-20-23-22-14(2)24(20)11-15-6-4-3-5-7-15/h3-10,13H,11-12H2,1-2H3,(H,21,25). The summed E-state index contributed by atoms with van der Waals surface area (Å²) in [6, 6.07) is 15.5. The lowest BCUT2D eigenvalue weighted by molar-refractivity contribution is -0.115. The number of carbonyl (C=O) groups excluding carboxylic acids is 1. The lowest BCUT2D eigenvalue weighted by atomic mass is 10.2. The fraction of sp³-hybridized carbons (Fsp3) is 0.250. The Labute approximate surface area is 167 Å². The largest absolute Gasteiger partial charge is 0.454 e. The molecule has 0 spiro atoms. The van der Waals surface area contributed by atoms with Crippen molar-refractivity contribution in [3.8, 4) is 11.5 Å². The van der Waals surface area contributed by atoms with Gasteiger partial charge in [0.25, 0.3) is 0 Å². The van der Waals surface area contributed by atoms with Crippen LogP contribution in [0.15, 0.2) is 53.7 Å². The number of nitrogens with zero attached hydrogens (tertiary/aromatic N) is 3. The van der Waals surface area contributed by atoms with E-state index in [2.05, 4.69) is 27.6 Å². The van der Waals surface area contributed by atoms with Gasteiger partial charge in [0.15, 0.2) is 16.7 Å². The SMILES string of the molecule is Cc1nnc(SC(C)C(=O)Nc2ccc3c(c2)OCO3)n1Cc1ccccc1. The number of anilines is 1. The second-order valence-corrected chi connectivity index (χ2v) is 7.73. The number of aromatic nitrogens is 3. The minimum absolute atomic E-state index is 0.115. The highest BCUT2D eigenvalue weighted by molar-refractivity contribution is 8.00. The lowest BCUT2D eigenvalue weighted by Crippen LogP contribution is -2.23. The Kier molecular flexibility index (Phi) is 5.21. The summed E-state index contributed by atoms with van der Waals surface area (Å²) in [5, 5.41) is 11.7. The first-order valence-electron chi connectivity index (χ1n) is 8.91. The Morgan fingerprint density at radius 3 is 2.79 bits per heavy atom. The molecule has 0 bridgehead atoms. The number of thioether (sulfide) groups is 1. The number of benzene rings is 2. The molecule has 0 saturated heterocycles. The molecule has 3 aromatic rings. The van der Waals surface area contributed by atoms with Crippen LogP contribution in [0, 0.1) is 6.92 Å². The van der Waals surface area contributed by atoms with Crippen LogP contribution in [0.5, 0.6) is 11.5 Å². The van der Waals surface area contributed by atoms with Crippen LogP contribution in [0.2, 0.25) is 0 Å². The fourth-order valence-electron chi connectivity index (χ4n) is 2.83. The monoisotopic (exact) mass is 396 g/mol. The van der Waals surface area contributed by atoms with Crippen LogP contribution in [-0.4, -0.2) is 32.7 Å². The molecule has 0 aliphatic carbocycles. The van der Waals surface area contributed by atoms with Crippen molar-refractivity contribution < 1.29 is 14.3 Å². The number of hydrogen-bond donors (Lipinski definition) is 1. The van der Waals surface area contributed by atoms with Gasteiger partial charge in [0.05, 0.1) is 11.8 Å². The third kappa shape index (κ3) is 3.96. The maximum absolute atomic E-state index is 12.6. The van der Waals surface area contributed by atoms with E-state index in [1.54, 1.807) is 18.2 Å². The Hall–Kier alpha value is -3.00. The van der Waals surface area contributed by atoms with Crippen LogP contribution in [-0.2, 0) is 11.3 Å². The smallest absolute Gasteiger partial charge is 0.237 e. The number of carbonyl (C=O) groups is 1. The van der Waals surface area contributed by atoms with Gasteiger partial charge in [0.2, 0.25) is 12.7 Å². The zero-order valence-corrected chi connectivity index (χ0v) is 16.4. The summed E-state index contributed by atoms with van der Waals surface area (Å²) >= 11 is 1.38. The van der Waals surface area contributed by atoms with E-state index in [-0.39, 0.29) is 18.0 Å². The highest BCUT2D eigenvalue weighted by atomic mass is 32.2. The quantitative estimate of drug-likeness (QED) is 0.643. The number of rotatable bonds is 6. The van der Waals surface area contributed by atoms with Crippen molar-refractivity contribution in [2.75, 3.05) is 12.1 Å². The molecule has 8 heteroatoms. The van der Waals surface area contributed by atoms with Crippen molar-refractivity contribution in [3.05, 3.63) is 59.9 Å². The predicted molar refractivity (Wildman–Crippen MR) is 107 cm³/mol. The molecule has 0 radical (unpaired) electrons. The molecule has 2 aromatic carbocycles. The normalized spacial score (nSPS) is 13.4. The van der Waals surface area contributed by atoms with E-state index in [1.165, 1.54) is 11.8 Å². The van der Waals surface area contributed by atoms with Crippen LogP contribution in [0.1, 0.15) is 18.3 Å². The van der Waals surface area contributed by atoms with Crippen molar-refractivity contribution in [1.82, 2.24) is 14.8 Å². The van der Waals surface area contributed by atoms with Gasteiger partial charge in [-0.3, -0.25) is 4.79 Å². The molecule has 1 aliphatic heterocycles. The van der Waals surface area contributed by atoms with Crippen LogP contribution in [0.4, 0.5) is 5.69 Å². The fourth-order valence-corrected chi connectivity index (χ4v) is 3.72. The third-order valence-electron chi connectivity index (χ3n) is 4.38. The Balaban J connectivity index is 1.43. The second kappa shape index (κ2) is 7.93. The summed E-state index contributed by atoms with van der Waals surface area (Å²) in [6.07, 6.45) is 0. The van der Waals surface area contributed by atoms with E-state index < -0.39 is 0 Å². The minimum Gasteiger partial charge on any atom is -0.454 e. The van der Waals surface area contributed by atoms with Crippen molar-refractivity contribution in [1.29, 1.82) is 0 Å². The van der Waals surface area contributed by atoms with Crippen LogP contribution in [0.3, 0.4) is 0 Å². The van der Waals surface area contributed by atoms with Gasteiger partial charge in [0, 0.05) is 11.8 Å². The van der Waals surface area contributed by atoms with Gasteiger partial charge in [-0.05, 0) is 31.5 Å². The van der Waals surface area contributed by atoms with Gasteiger partial charge < -0.3 is 19.4 Å². The highest BCUT2D eigenvalue weighted by Crippen LogP contribution is 2.34. The molecular weight excluding hydrogens is 376 g/mol. The van der Waals surface area contributed by atoms with E-state index in [0.29, 0.717) is 23.7 Å². The first-order valence-corrected chi connectivity index (χ1v) is 9.79. The predicted octanol–water partition coefficient (Wildman–Crippen LogP) is 3.48.